The first-order valence-electron chi connectivity index (χ1n) is 21.4. The van der Waals surface area contributed by atoms with Gasteiger partial charge in [-0.25, -0.2) is 19.2 Å². The maximum atomic E-state index is 13.4. The zero-order valence-corrected chi connectivity index (χ0v) is 38.8. The van der Waals surface area contributed by atoms with Crippen LogP contribution >= 0.6 is 11.8 Å². The molecule has 5 amide bonds. The zero-order valence-electron chi connectivity index (χ0n) is 38.0. The van der Waals surface area contributed by atoms with Crippen molar-refractivity contribution in [3.63, 3.8) is 0 Å². The van der Waals surface area contributed by atoms with Gasteiger partial charge in [-0.3, -0.25) is 33.7 Å². The van der Waals surface area contributed by atoms with E-state index in [0.29, 0.717) is 34.9 Å². The van der Waals surface area contributed by atoms with Gasteiger partial charge >= 0.3 is 48.1 Å². The average Bonchev–Trinajstić information content (AvgIpc) is 3.95. The molecular weight excluding hydrogens is 913 g/mol. The lowest BCUT2D eigenvalue weighted by Gasteiger charge is -2.48. The van der Waals surface area contributed by atoms with Crippen LogP contribution in [0.1, 0.15) is 57.8 Å². The van der Waals surface area contributed by atoms with E-state index in [0.717, 1.165) is 61.3 Å². The summed E-state index contributed by atoms with van der Waals surface area (Å²) in [5.74, 6) is -6.00. The van der Waals surface area contributed by atoms with Gasteiger partial charge in [-0.1, -0.05) is 0 Å². The van der Waals surface area contributed by atoms with E-state index in [9.17, 15) is 53.1 Å². The summed E-state index contributed by atoms with van der Waals surface area (Å²) in [5, 5.41) is 42.6. The van der Waals surface area contributed by atoms with Gasteiger partial charge < -0.3 is 36.4 Å². The van der Waals surface area contributed by atoms with Crippen LogP contribution in [0.4, 0.5) is 4.79 Å². The Labute approximate surface area is 389 Å². The smallest absolute Gasteiger partial charge is 0.481 e. The summed E-state index contributed by atoms with van der Waals surface area (Å²) in [7, 11) is 6.01. The molecule has 372 valence electrons. The van der Waals surface area contributed by atoms with Crippen molar-refractivity contribution in [2.75, 3.05) is 99.4 Å². The van der Waals surface area contributed by atoms with Gasteiger partial charge in [0.2, 0.25) is 17.7 Å². The Balaban J connectivity index is 0.000000423. The van der Waals surface area contributed by atoms with E-state index in [4.69, 9.17) is 34.5 Å². The molecule has 0 aromatic rings. The molecule has 5 saturated heterocycles. The number of ketones is 2. The first-order valence-corrected chi connectivity index (χ1v) is 22.6. The molecular formula is C40H62N8O18S+4. The number of likely N-dealkylation sites (tertiary alicyclic amines) is 1. The normalized spacial score (nSPS) is 27.9. The molecule has 26 nitrogen and oxygen atoms in total. The number of Topliss-reactive ketones (excluding diaryl/α,β-unsaturated/α-hetero) is 2. The Bertz CT molecular complexity index is 1970. The second kappa shape index (κ2) is 24.7. The third kappa shape index (κ3) is 12.9. The van der Waals surface area contributed by atoms with Gasteiger partial charge in [-0.2, -0.15) is 44.4 Å². The Morgan fingerprint density at radius 3 is 1.58 bits per heavy atom. The quantitative estimate of drug-likeness (QED) is 0.0416. The monoisotopic (exact) mass is 974 g/mol. The van der Waals surface area contributed by atoms with Gasteiger partial charge in [0.05, 0.1) is 19.3 Å². The van der Waals surface area contributed by atoms with Gasteiger partial charge in [0.1, 0.15) is 70.2 Å². The number of thioether (sulfide) groups is 1. The molecule has 0 bridgehead atoms. The molecule has 0 aromatic heterocycles. The standard InChI is InChI=1S/C23H38N5O5S.C15H23N3O9.2CO2/c1-25-7-8-26(2)10-12-28(17-21(31)32)14-13-27(11-9-25,23(25,26)28)16-18(29)5-4-6-24-20(30)15-19(34-3)22(24)33;1-16-11(20)6-3-8(19)2-4-9(13(23)24)17-15(27)18-10(14(25)26)5-7-12(21)22;2*2-1-3/h19H,4-17H2,1-3H3;9-10H,2-7H2,1H3,(H,16,20)(H,21,22)(H,23,24)(H,25,26)(H2,17,18,27);;/q+3;;;/p+1/t19?,23-,25+,26?,27+,28-;;;/m1.../s1. The number of nitrogens with one attached hydrogen (secondary N) is 3. The molecule has 5 rings (SSSR count). The second-order valence-electron chi connectivity index (χ2n) is 17.4. The Morgan fingerprint density at radius 2 is 1.15 bits per heavy atom. The van der Waals surface area contributed by atoms with Crippen LogP contribution in [0.3, 0.4) is 0 Å². The number of carbonyl (C=O) groups is 10. The van der Waals surface area contributed by atoms with Crippen molar-refractivity contribution in [3.05, 3.63) is 0 Å². The third-order valence-electron chi connectivity index (χ3n) is 13.5. The molecule has 5 heterocycles. The molecule has 5 aliphatic rings. The summed E-state index contributed by atoms with van der Waals surface area (Å²) < 4.78 is 3.01. The fraction of sp³-hybridized carbons (Fsp3) is 0.700. The van der Waals surface area contributed by atoms with Crippen molar-refractivity contribution < 1.29 is 105 Å². The highest BCUT2D eigenvalue weighted by Crippen LogP contribution is 2.61. The van der Waals surface area contributed by atoms with E-state index in [1.165, 1.54) is 23.7 Å². The van der Waals surface area contributed by atoms with Crippen LogP contribution in [0, 0.1) is 0 Å². The number of rotatable bonds is 22. The number of carboxylic acid groups (broad SMARTS) is 4. The Morgan fingerprint density at radius 1 is 0.687 bits per heavy atom. The van der Waals surface area contributed by atoms with Crippen LogP contribution in [-0.4, -0.2) is 237 Å². The predicted molar refractivity (Wildman–Crippen MR) is 224 cm³/mol. The minimum Gasteiger partial charge on any atom is -0.481 e. The van der Waals surface area contributed by atoms with Crippen LogP contribution in [-0.2, 0) is 62.3 Å². The van der Waals surface area contributed by atoms with Crippen molar-refractivity contribution in [2.24, 2.45) is 0 Å². The molecule has 5 aliphatic heterocycles. The first-order chi connectivity index (χ1) is 31.4. The lowest BCUT2D eigenvalue weighted by Crippen LogP contribution is -2.83. The van der Waals surface area contributed by atoms with E-state index in [1.807, 2.05) is 16.9 Å². The number of hydrogen-bond acceptors (Lipinski definition) is 15. The molecule has 7 N–H and O–H groups in total. The van der Waals surface area contributed by atoms with Gasteiger partial charge in [0, 0.05) is 52.1 Å². The predicted octanol–water partition coefficient (Wildman–Crippen LogP) is -3.13. The summed E-state index contributed by atoms with van der Waals surface area (Å²) in [6.45, 7) is 8.30. The third-order valence-corrected chi connectivity index (χ3v) is 14.5. The van der Waals surface area contributed by atoms with Crippen LogP contribution < -0.4 is 16.0 Å². The maximum Gasteiger partial charge on any atom is 0.481 e. The molecule has 0 aliphatic carbocycles. The van der Waals surface area contributed by atoms with Crippen molar-refractivity contribution >= 4 is 83.3 Å². The molecule has 4 unspecified atom stereocenters. The number of aliphatic carboxylic acids is 4. The number of hydrogen-bond donors (Lipinski definition) is 7. The highest BCUT2D eigenvalue weighted by atomic mass is 32.2. The Kier molecular flexibility index (Phi) is 21.1. The minimum atomic E-state index is -1.51. The molecule has 8 atom stereocenters. The highest BCUT2D eigenvalue weighted by Gasteiger charge is 2.97. The van der Waals surface area contributed by atoms with E-state index in [1.54, 1.807) is 0 Å². The number of nitrogens with zero attached hydrogens (tertiary/aromatic N) is 5. The van der Waals surface area contributed by atoms with Crippen molar-refractivity contribution in [2.45, 2.75) is 81.0 Å². The fourth-order valence-electron chi connectivity index (χ4n) is 11.0. The molecule has 0 radical (unpaired) electrons. The summed E-state index contributed by atoms with van der Waals surface area (Å²) in [4.78, 5) is 151. The van der Waals surface area contributed by atoms with Crippen molar-refractivity contribution in [3.8, 4) is 0 Å². The maximum absolute atomic E-state index is 13.4. The molecule has 27 heteroatoms. The molecule has 1 spiro atoms. The minimum absolute atomic E-state index is 0.0369. The second-order valence-corrected chi connectivity index (χ2v) is 18.4. The highest BCUT2D eigenvalue weighted by molar-refractivity contribution is 8.00. The topological polar surface area (TPSA) is 359 Å². The van der Waals surface area contributed by atoms with Gasteiger partial charge in [0.25, 0.3) is 0 Å². The summed E-state index contributed by atoms with van der Waals surface area (Å²) in [6, 6.07) is -4.08. The molecule has 67 heavy (non-hydrogen) atoms. The summed E-state index contributed by atoms with van der Waals surface area (Å²) in [5.41, 5.74) is 0. The summed E-state index contributed by atoms with van der Waals surface area (Å²) in [6.07, 6.45) is 2.01. The van der Waals surface area contributed by atoms with E-state index in [-0.39, 0.29) is 97.8 Å². The van der Waals surface area contributed by atoms with Crippen LogP contribution in [0.25, 0.3) is 0 Å². The van der Waals surface area contributed by atoms with Crippen molar-refractivity contribution in [1.29, 1.82) is 0 Å². The number of carboxylic acids is 4. The van der Waals surface area contributed by atoms with Crippen LogP contribution in [0.15, 0.2) is 0 Å². The molecule has 0 aromatic carbocycles. The molecule has 0 saturated carbocycles. The number of quaternary nitrogens is 4. The Hall–Kier alpha value is -5.95. The van der Waals surface area contributed by atoms with E-state index in [2.05, 4.69) is 19.4 Å². The van der Waals surface area contributed by atoms with Gasteiger partial charge in [0.15, 0.2) is 18.9 Å². The zero-order chi connectivity index (χ0) is 51.0. The first kappa shape index (κ1) is 57.2. The van der Waals surface area contributed by atoms with Crippen LogP contribution in [0.2, 0.25) is 0 Å². The number of carbonyl (C=O) groups excluding carboxylic acids is 10. The number of likely N-dealkylation sites (N-methyl/N-ethyl adjacent to an activating group) is 2. The average molecular weight is 975 g/mol. The summed E-state index contributed by atoms with van der Waals surface area (Å²) >= 11 is 1.41. The van der Waals surface area contributed by atoms with Crippen LogP contribution in [0.5, 0.6) is 0 Å². The SMILES string of the molecule is CNC(=O)CCC(=O)CCC(NC(=O)NC(CCC(=O)O)C(=O)O)C(=O)O.CSC1CC(=O)N(CCCC(=O)C[N@+]23CC[N@+]4(C)CC[N+]5(C)CC[N@+](CC(=O)O)(CC2)[C@@]543)C1=O.O=C=O.O=C=O. The fourth-order valence-corrected chi connectivity index (χ4v) is 11.7. The van der Waals surface area contributed by atoms with E-state index < -0.39 is 48.4 Å². The largest absolute Gasteiger partial charge is 0.481 e. The number of imide groups is 1. The number of urea groups is 1. The van der Waals surface area contributed by atoms with Gasteiger partial charge in [-0.05, 0) is 25.5 Å². The molecule has 5 fully saturated rings. The lowest BCUT2D eigenvalue weighted by molar-refractivity contribution is -1.36. The van der Waals surface area contributed by atoms with Crippen molar-refractivity contribution in [1.82, 2.24) is 20.9 Å². The lowest BCUT2D eigenvalue weighted by atomic mass is 10.1. The number of amides is 5. The van der Waals surface area contributed by atoms with E-state index >= 15 is 0 Å². The van der Waals surface area contributed by atoms with Gasteiger partial charge in [-0.15, -0.1) is 4.48 Å².